The quantitative estimate of drug-likeness (QED) is 0.733. The fourth-order valence-corrected chi connectivity index (χ4v) is 1.40. The van der Waals surface area contributed by atoms with E-state index in [9.17, 15) is 4.79 Å². The monoisotopic (exact) mass is 208 g/mol. The standard InChI is InChI=1S/C9H12N4O2/c1-2-3-12-4-5-13(9(12)14)6-8-10-7-15-11-8/h4-5,7H,2-3,6H2,1H3. The van der Waals surface area contributed by atoms with E-state index in [1.54, 1.807) is 21.5 Å². The van der Waals surface area contributed by atoms with Crippen molar-refractivity contribution in [3.05, 3.63) is 35.1 Å². The molecular formula is C9H12N4O2. The first-order valence-corrected chi connectivity index (χ1v) is 4.82. The Bertz CT molecular complexity index is 469. The van der Waals surface area contributed by atoms with Crippen molar-refractivity contribution in [2.45, 2.75) is 26.4 Å². The Kier molecular flexibility index (Phi) is 2.66. The number of aromatic nitrogens is 4. The van der Waals surface area contributed by atoms with E-state index in [0.29, 0.717) is 12.4 Å². The summed E-state index contributed by atoms with van der Waals surface area (Å²) in [7, 11) is 0. The number of aryl methyl sites for hydroxylation is 1. The van der Waals surface area contributed by atoms with Gasteiger partial charge in [0, 0.05) is 18.9 Å². The number of rotatable bonds is 4. The van der Waals surface area contributed by atoms with E-state index in [2.05, 4.69) is 14.7 Å². The second-order valence-corrected chi connectivity index (χ2v) is 3.25. The minimum atomic E-state index is -0.0401. The molecule has 6 heteroatoms. The van der Waals surface area contributed by atoms with Crippen LogP contribution in [0.1, 0.15) is 19.2 Å². The van der Waals surface area contributed by atoms with Gasteiger partial charge in [-0.1, -0.05) is 12.1 Å². The van der Waals surface area contributed by atoms with E-state index in [4.69, 9.17) is 0 Å². The van der Waals surface area contributed by atoms with Crippen molar-refractivity contribution in [3.8, 4) is 0 Å². The normalized spacial score (nSPS) is 10.7. The molecule has 0 aliphatic rings. The Balaban J connectivity index is 2.19. The number of hydrogen-bond acceptors (Lipinski definition) is 4. The predicted octanol–water partition coefficient (Wildman–Crippen LogP) is 0.491. The lowest BCUT2D eigenvalue weighted by molar-refractivity contribution is 0.407. The van der Waals surface area contributed by atoms with Crippen molar-refractivity contribution in [3.63, 3.8) is 0 Å². The minimum absolute atomic E-state index is 0.0401. The Morgan fingerprint density at radius 1 is 1.40 bits per heavy atom. The molecule has 0 aliphatic carbocycles. The number of hydrogen-bond donors (Lipinski definition) is 0. The zero-order chi connectivity index (χ0) is 10.7. The van der Waals surface area contributed by atoms with Gasteiger partial charge in [-0.3, -0.25) is 9.13 Å². The van der Waals surface area contributed by atoms with Crippen molar-refractivity contribution in [1.82, 2.24) is 19.3 Å². The molecule has 15 heavy (non-hydrogen) atoms. The summed E-state index contributed by atoms with van der Waals surface area (Å²) in [4.78, 5) is 15.6. The summed E-state index contributed by atoms with van der Waals surface area (Å²) in [5.74, 6) is 0.506. The maximum absolute atomic E-state index is 11.7. The zero-order valence-corrected chi connectivity index (χ0v) is 8.46. The third-order valence-corrected chi connectivity index (χ3v) is 2.10. The van der Waals surface area contributed by atoms with Crippen molar-refractivity contribution < 1.29 is 4.52 Å². The van der Waals surface area contributed by atoms with E-state index in [1.807, 2.05) is 6.92 Å². The summed E-state index contributed by atoms with van der Waals surface area (Å²) >= 11 is 0. The van der Waals surface area contributed by atoms with Gasteiger partial charge < -0.3 is 4.52 Å². The first kappa shape index (κ1) is 9.70. The van der Waals surface area contributed by atoms with Crippen LogP contribution in [0.2, 0.25) is 0 Å². The van der Waals surface area contributed by atoms with Crippen LogP contribution in [0.25, 0.3) is 0 Å². The molecule has 2 rings (SSSR count). The lowest BCUT2D eigenvalue weighted by Gasteiger charge is -1.97. The van der Waals surface area contributed by atoms with Gasteiger partial charge in [-0.15, -0.1) is 0 Å². The Hall–Kier alpha value is -1.85. The van der Waals surface area contributed by atoms with Crippen molar-refractivity contribution in [2.24, 2.45) is 0 Å². The van der Waals surface area contributed by atoms with E-state index >= 15 is 0 Å². The van der Waals surface area contributed by atoms with Gasteiger partial charge >= 0.3 is 5.69 Å². The van der Waals surface area contributed by atoms with Gasteiger partial charge in [0.1, 0.15) is 0 Å². The van der Waals surface area contributed by atoms with Gasteiger partial charge in [0.25, 0.3) is 0 Å². The summed E-state index contributed by atoms with van der Waals surface area (Å²) < 4.78 is 7.82. The summed E-state index contributed by atoms with van der Waals surface area (Å²) in [6.07, 6.45) is 5.69. The molecule has 0 bridgehead atoms. The first-order valence-electron chi connectivity index (χ1n) is 4.82. The van der Waals surface area contributed by atoms with Crippen LogP contribution in [0, 0.1) is 0 Å². The zero-order valence-electron chi connectivity index (χ0n) is 8.46. The van der Waals surface area contributed by atoms with E-state index in [1.165, 1.54) is 6.39 Å². The number of nitrogens with zero attached hydrogens (tertiary/aromatic N) is 4. The molecule has 0 fully saturated rings. The minimum Gasteiger partial charge on any atom is -0.343 e. The second-order valence-electron chi connectivity index (χ2n) is 3.25. The van der Waals surface area contributed by atoms with Crippen LogP contribution in [0.3, 0.4) is 0 Å². The van der Waals surface area contributed by atoms with Gasteiger partial charge in [-0.25, -0.2) is 4.79 Å². The highest BCUT2D eigenvalue weighted by molar-refractivity contribution is 4.87. The third-order valence-electron chi connectivity index (χ3n) is 2.10. The molecule has 0 saturated carbocycles. The van der Waals surface area contributed by atoms with Crippen LogP contribution in [0.4, 0.5) is 0 Å². The molecule has 2 aromatic heterocycles. The molecule has 0 saturated heterocycles. The van der Waals surface area contributed by atoms with Gasteiger partial charge in [0.15, 0.2) is 5.82 Å². The topological polar surface area (TPSA) is 65.8 Å². The van der Waals surface area contributed by atoms with Crippen LogP contribution in [-0.2, 0) is 13.1 Å². The molecule has 0 amide bonds. The summed E-state index contributed by atoms with van der Waals surface area (Å²) in [6.45, 7) is 3.12. The van der Waals surface area contributed by atoms with Crippen molar-refractivity contribution in [2.75, 3.05) is 0 Å². The van der Waals surface area contributed by atoms with Crippen LogP contribution >= 0.6 is 0 Å². The van der Waals surface area contributed by atoms with E-state index in [0.717, 1.165) is 13.0 Å². The molecule has 0 radical (unpaired) electrons. The van der Waals surface area contributed by atoms with Gasteiger partial charge in [0.2, 0.25) is 6.39 Å². The van der Waals surface area contributed by atoms with Crippen LogP contribution in [0.15, 0.2) is 28.1 Å². The Labute approximate surface area is 86.1 Å². The lowest BCUT2D eigenvalue weighted by Crippen LogP contribution is -2.24. The number of imidazole rings is 1. The Morgan fingerprint density at radius 3 is 2.87 bits per heavy atom. The molecule has 2 heterocycles. The van der Waals surface area contributed by atoms with E-state index < -0.39 is 0 Å². The summed E-state index contributed by atoms with van der Waals surface area (Å²) in [5.41, 5.74) is -0.0401. The van der Waals surface area contributed by atoms with Crippen molar-refractivity contribution in [1.29, 1.82) is 0 Å². The SMILES string of the molecule is CCCn1ccn(Cc2ncon2)c1=O. The molecule has 0 unspecified atom stereocenters. The predicted molar refractivity (Wildman–Crippen MR) is 52.4 cm³/mol. The van der Waals surface area contributed by atoms with Crippen LogP contribution < -0.4 is 5.69 Å². The molecule has 6 nitrogen and oxygen atoms in total. The molecule has 0 atom stereocenters. The lowest BCUT2D eigenvalue weighted by atomic mass is 10.5. The van der Waals surface area contributed by atoms with Crippen LogP contribution in [0.5, 0.6) is 0 Å². The fourth-order valence-electron chi connectivity index (χ4n) is 1.40. The molecule has 0 aromatic carbocycles. The summed E-state index contributed by atoms with van der Waals surface area (Å²) in [5, 5.41) is 3.65. The van der Waals surface area contributed by atoms with E-state index in [-0.39, 0.29) is 5.69 Å². The second kappa shape index (κ2) is 4.12. The van der Waals surface area contributed by atoms with Gasteiger partial charge in [-0.05, 0) is 6.42 Å². The molecule has 0 aliphatic heterocycles. The highest BCUT2D eigenvalue weighted by Gasteiger charge is 2.05. The van der Waals surface area contributed by atoms with Gasteiger partial charge in [0.05, 0.1) is 6.54 Å². The molecule has 2 aromatic rings. The molecule has 80 valence electrons. The smallest absolute Gasteiger partial charge is 0.328 e. The summed E-state index contributed by atoms with van der Waals surface area (Å²) in [6, 6.07) is 0. The van der Waals surface area contributed by atoms with Crippen molar-refractivity contribution >= 4 is 0 Å². The molecule has 0 N–H and O–H groups in total. The third kappa shape index (κ3) is 1.98. The van der Waals surface area contributed by atoms with Gasteiger partial charge in [-0.2, -0.15) is 4.98 Å². The molecule has 0 spiro atoms. The maximum Gasteiger partial charge on any atom is 0.328 e. The van der Waals surface area contributed by atoms with Crippen LogP contribution in [-0.4, -0.2) is 19.3 Å². The maximum atomic E-state index is 11.7. The Morgan fingerprint density at radius 2 is 2.20 bits per heavy atom. The average Bonchev–Trinajstić information content (AvgIpc) is 2.83. The average molecular weight is 208 g/mol. The fraction of sp³-hybridized carbons (Fsp3) is 0.444. The highest BCUT2D eigenvalue weighted by atomic mass is 16.5. The molecular weight excluding hydrogens is 196 g/mol. The largest absolute Gasteiger partial charge is 0.343 e. The first-order chi connectivity index (χ1) is 7.31. The highest BCUT2D eigenvalue weighted by Crippen LogP contribution is 1.93.